The molecule has 1 saturated carbocycles. The smallest absolute Gasteiger partial charge is 0.277 e. The van der Waals surface area contributed by atoms with Crippen LogP contribution in [0.2, 0.25) is 0 Å². The molecule has 0 amide bonds. The molecule has 0 heterocycles. The molecule has 0 spiro atoms. The van der Waals surface area contributed by atoms with Crippen LogP contribution in [0.25, 0.3) is 0 Å². The largest absolute Gasteiger partial charge is 0.327 e. The first-order valence-electron chi connectivity index (χ1n) is 5.43. The molecule has 0 saturated heterocycles. The fraction of sp³-hybridized carbons (Fsp3) is 1.00. The van der Waals surface area contributed by atoms with Crippen molar-refractivity contribution in [3.63, 3.8) is 0 Å². The summed E-state index contributed by atoms with van der Waals surface area (Å²) >= 11 is 0. The van der Waals surface area contributed by atoms with Gasteiger partial charge < -0.3 is 5.73 Å². The van der Waals surface area contributed by atoms with E-state index in [9.17, 15) is 8.42 Å². The summed E-state index contributed by atoms with van der Waals surface area (Å²) in [5.74, 6) is 0.286. The summed E-state index contributed by atoms with van der Waals surface area (Å²) in [6.07, 6.45) is 3.13. The van der Waals surface area contributed by atoms with Crippen LogP contribution < -0.4 is 15.2 Å². The summed E-state index contributed by atoms with van der Waals surface area (Å²) in [7, 11) is -3.35. The van der Waals surface area contributed by atoms with Gasteiger partial charge in [0.1, 0.15) is 0 Å². The van der Waals surface area contributed by atoms with Gasteiger partial charge in [0.05, 0.1) is 0 Å². The molecule has 2 unspecified atom stereocenters. The second-order valence-corrected chi connectivity index (χ2v) is 6.01. The maximum Gasteiger partial charge on any atom is 0.277 e. The summed E-state index contributed by atoms with van der Waals surface area (Å²) < 4.78 is 27.9. The quantitative estimate of drug-likeness (QED) is 0.624. The molecule has 0 bridgehead atoms. The molecule has 1 rings (SSSR count). The van der Waals surface area contributed by atoms with Gasteiger partial charge in [0.2, 0.25) is 0 Å². The molecule has 0 aromatic heterocycles. The molecule has 0 aliphatic heterocycles. The monoisotopic (exact) mass is 235 g/mol. The summed E-state index contributed by atoms with van der Waals surface area (Å²) in [5.41, 5.74) is 5.85. The molecule has 0 aromatic carbocycles. The van der Waals surface area contributed by atoms with Gasteiger partial charge >= 0.3 is 0 Å². The molecular formula is C9H21N3O2S. The Labute approximate surface area is 92.0 Å². The number of rotatable bonds is 5. The average Bonchev–Trinajstić information content (AvgIpc) is 2.45. The normalized spacial score (nSPS) is 27.5. The van der Waals surface area contributed by atoms with E-state index in [4.69, 9.17) is 5.73 Å². The van der Waals surface area contributed by atoms with Crippen molar-refractivity contribution in [1.29, 1.82) is 0 Å². The van der Waals surface area contributed by atoms with Gasteiger partial charge in [-0.2, -0.15) is 13.1 Å². The van der Waals surface area contributed by atoms with E-state index >= 15 is 0 Å². The van der Waals surface area contributed by atoms with Gasteiger partial charge in [-0.25, -0.2) is 4.72 Å². The Bertz CT molecular complexity index is 290. The van der Waals surface area contributed by atoms with Crippen molar-refractivity contribution >= 4 is 10.2 Å². The van der Waals surface area contributed by atoms with Crippen LogP contribution in [0.15, 0.2) is 0 Å². The van der Waals surface area contributed by atoms with E-state index in [1.54, 1.807) is 13.8 Å². The van der Waals surface area contributed by atoms with Crippen LogP contribution in [-0.4, -0.2) is 27.0 Å². The molecule has 1 fully saturated rings. The minimum atomic E-state index is -3.35. The average molecular weight is 235 g/mol. The third kappa shape index (κ3) is 4.46. The summed E-state index contributed by atoms with van der Waals surface area (Å²) in [6.45, 7) is 4.03. The van der Waals surface area contributed by atoms with Gasteiger partial charge in [-0.3, -0.25) is 0 Å². The topological polar surface area (TPSA) is 84.2 Å². The van der Waals surface area contributed by atoms with Crippen molar-refractivity contribution in [2.24, 2.45) is 11.7 Å². The lowest BCUT2D eigenvalue weighted by molar-refractivity contribution is 0.465. The standard InChI is InChI=1S/C9H21N3O2S/c1-7(2)12-15(13,14)11-6-8-4-3-5-9(8)10/h7-9,11-12H,3-6,10H2,1-2H3. The molecule has 0 radical (unpaired) electrons. The summed E-state index contributed by atoms with van der Waals surface area (Å²) in [5, 5.41) is 0. The minimum absolute atomic E-state index is 0.0836. The maximum absolute atomic E-state index is 11.4. The van der Waals surface area contributed by atoms with E-state index in [-0.39, 0.29) is 18.0 Å². The summed E-state index contributed by atoms with van der Waals surface area (Å²) in [4.78, 5) is 0. The van der Waals surface area contributed by atoms with Crippen LogP contribution in [-0.2, 0) is 10.2 Å². The van der Waals surface area contributed by atoms with Gasteiger partial charge in [-0.05, 0) is 32.6 Å². The van der Waals surface area contributed by atoms with Gasteiger partial charge in [0.15, 0.2) is 0 Å². The lowest BCUT2D eigenvalue weighted by atomic mass is 10.1. The van der Waals surface area contributed by atoms with Crippen molar-refractivity contribution < 1.29 is 8.42 Å². The number of nitrogens with one attached hydrogen (secondary N) is 2. The Morgan fingerprint density at radius 2 is 2.07 bits per heavy atom. The second kappa shape index (κ2) is 5.25. The Balaban J connectivity index is 2.35. The van der Waals surface area contributed by atoms with E-state index in [2.05, 4.69) is 9.44 Å². The van der Waals surface area contributed by atoms with Crippen LogP contribution >= 0.6 is 0 Å². The number of hydrogen-bond donors (Lipinski definition) is 3. The second-order valence-electron chi connectivity index (χ2n) is 4.48. The number of hydrogen-bond acceptors (Lipinski definition) is 3. The maximum atomic E-state index is 11.4. The van der Waals surface area contributed by atoms with Gasteiger partial charge in [-0.1, -0.05) is 6.42 Å². The SMILES string of the molecule is CC(C)NS(=O)(=O)NCC1CCCC1N. The molecule has 2 atom stereocenters. The van der Waals surface area contributed by atoms with E-state index in [1.165, 1.54) is 0 Å². The van der Waals surface area contributed by atoms with Crippen molar-refractivity contribution in [1.82, 2.24) is 9.44 Å². The highest BCUT2D eigenvalue weighted by atomic mass is 32.2. The zero-order chi connectivity index (χ0) is 11.5. The van der Waals surface area contributed by atoms with Crippen molar-refractivity contribution in [2.75, 3.05) is 6.54 Å². The minimum Gasteiger partial charge on any atom is -0.327 e. The van der Waals surface area contributed by atoms with Crippen LogP contribution in [0, 0.1) is 5.92 Å². The lowest BCUT2D eigenvalue weighted by Gasteiger charge is -2.17. The highest BCUT2D eigenvalue weighted by Crippen LogP contribution is 2.23. The molecule has 1 aliphatic carbocycles. The predicted octanol–water partition coefficient (Wildman–Crippen LogP) is -0.0538. The first kappa shape index (κ1) is 12.9. The highest BCUT2D eigenvalue weighted by Gasteiger charge is 2.25. The predicted molar refractivity (Wildman–Crippen MR) is 60.5 cm³/mol. The third-order valence-corrected chi connectivity index (χ3v) is 3.97. The van der Waals surface area contributed by atoms with Crippen LogP contribution in [0.1, 0.15) is 33.1 Å². The zero-order valence-electron chi connectivity index (χ0n) is 9.36. The zero-order valence-corrected chi connectivity index (χ0v) is 10.2. The molecule has 5 nitrogen and oxygen atoms in total. The van der Waals surface area contributed by atoms with Crippen molar-refractivity contribution in [3.8, 4) is 0 Å². The van der Waals surface area contributed by atoms with Crippen LogP contribution in [0.5, 0.6) is 0 Å². The molecule has 4 N–H and O–H groups in total. The fourth-order valence-corrected chi connectivity index (χ4v) is 3.03. The van der Waals surface area contributed by atoms with Crippen molar-refractivity contribution in [2.45, 2.75) is 45.2 Å². The lowest BCUT2D eigenvalue weighted by Crippen LogP contribution is -2.44. The Kier molecular flexibility index (Phi) is 4.51. The Hall–Kier alpha value is -0.170. The molecular weight excluding hydrogens is 214 g/mol. The van der Waals surface area contributed by atoms with Gasteiger partial charge in [0.25, 0.3) is 10.2 Å². The highest BCUT2D eigenvalue weighted by molar-refractivity contribution is 7.87. The molecule has 0 aromatic rings. The molecule has 6 heteroatoms. The van der Waals surface area contributed by atoms with Crippen LogP contribution in [0.3, 0.4) is 0 Å². The first-order valence-corrected chi connectivity index (χ1v) is 6.91. The van der Waals surface area contributed by atoms with Crippen molar-refractivity contribution in [3.05, 3.63) is 0 Å². The van der Waals surface area contributed by atoms with E-state index in [0.29, 0.717) is 6.54 Å². The first-order chi connectivity index (χ1) is 6.91. The Morgan fingerprint density at radius 3 is 2.53 bits per heavy atom. The van der Waals surface area contributed by atoms with E-state index in [0.717, 1.165) is 19.3 Å². The van der Waals surface area contributed by atoms with E-state index < -0.39 is 10.2 Å². The third-order valence-electron chi connectivity index (χ3n) is 2.64. The van der Waals surface area contributed by atoms with Crippen LogP contribution in [0.4, 0.5) is 0 Å². The fourth-order valence-electron chi connectivity index (χ4n) is 1.89. The van der Waals surface area contributed by atoms with E-state index in [1.807, 2.05) is 0 Å². The van der Waals surface area contributed by atoms with Gasteiger partial charge in [0, 0.05) is 18.6 Å². The van der Waals surface area contributed by atoms with Gasteiger partial charge in [-0.15, -0.1) is 0 Å². The number of nitrogens with two attached hydrogens (primary N) is 1. The summed E-state index contributed by atoms with van der Waals surface area (Å²) in [6, 6.07) is 0.0616. The molecule has 15 heavy (non-hydrogen) atoms. The Morgan fingerprint density at radius 1 is 1.40 bits per heavy atom. The molecule has 90 valence electrons. The molecule has 1 aliphatic rings.